The fourth-order valence-corrected chi connectivity index (χ4v) is 1.22. The third kappa shape index (κ3) is 4.08. The van der Waals surface area contributed by atoms with Crippen molar-refractivity contribution in [3.8, 4) is 0 Å². The van der Waals surface area contributed by atoms with Crippen LogP contribution >= 0.6 is 15.9 Å². The summed E-state index contributed by atoms with van der Waals surface area (Å²) in [5.74, 6) is 0. The first-order chi connectivity index (χ1) is 6.68. The smallest absolute Gasteiger partial charge is 0.404 e. The number of hydrogen-bond acceptors (Lipinski definition) is 4. The molecule has 76 valence electrons. The average molecular weight is 260 g/mol. The van der Waals surface area contributed by atoms with Crippen LogP contribution in [0.25, 0.3) is 0 Å². The number of halogens is 1. The first kappa shape index (κ1) is 10.8. The van der Waals surface area contributed by atoms with Gasteiger partial charge >= 0.3 is 6.09 Å². The van der Waals surface area contributed by atoms with Gasteiger partial charge in [0.15, 0.2) is 0 Å². The molecule has 0 unspecified atom stereocenters. The zero-order valence-corrected chi connectivity index (χ0v) is 8.95. The fraction of sp³-hybridized carbons (Fsp3) is 0.250. The molecule has 6 heteroatoms. The van der Waals surface area contributed by atoms with Gasteiger partial charge in [0.2, 0.25) is 0 Å². The molecule has 0 aromatic carbocycles. The minimum atomic E-state index is -0.765. The molecule has 0 atom stereocenters. The quantitative estimate of drug-likeness (QED) is 0.801. The second kappa shape index (κ2) is 5.43. The number of nitrogens with two attached hydrogens (primary N) is 1. The largest absolute Gasteiger partial charge is 0.448 e. The fourth-order valence-electron chi connectivity index (χ4n) is 0.856. The molecule has 1 aromatic rings. The lowest BCUT2D eigenvalue weighted by Gasteiger charge is -2.05. The molecule has 0 radical (unpaired) electrons. The summed E-state index contributed by atoms with van der Waals surface area (Å²) in [5.41, 5.74) is 5.64. The molecule has 0 saturated carbocycles. The second-order valence-electron chi connectivity index (χ2n) is 2.49. The predicted molar refractivity (Wildman–Crippen MR) is 56.0 cm³/mol. The van der Waals surface area contributed by atoms with Crippen LogP contribution in [-0.4, -0.2) is 24.2 Å². The van der Waals surface area contributed by atoms with E-state index in [2.05, 4.69) is 31.0 Å². The second-order valence-corrected chi connectivity index (χ2v) is 3.40. The Morgan fingerprint density at radius 2 is 2.43 bits per heavy atom. The standard InChI is InChI=1S/C8H10BrN3O2/c9-6-3-7(5-11-4-6)12-1-2-14-8(10)13/h3-5,12H,1-2H2,(H2,10,13). The van der Waals surface area contributed by atoms with Crippen molar-refractivity contribution < 1.29 is 9.53 Å². The third-order valence-electron chi connectivity index (χ3n) is 1.38. The summed E-state index contributed by atoms with van der Waals surface area (Å²) in [4.78, 5) is 14.2. The van der Waals surface area contributed by atoms with Crippen LogP contribution in [0.4, 0.5) is 10.5 Å². The maximum absolute atomic E-state index is 10.2. The van der Waals surface area contributed by atoms with Gasteiger partial charge in [0, 0.05) is 17.2 Å². The molecule has 0 fully saturated rings. The van der Waals surface area contributed by atoms with Gasteiger partial charge in [-0.3, -0.25) is 4.98 Å². The van der Waals surface area contributed by atoms with E-state index in [0.29, 0.717) is 6.54 Å². The number of nitrogens with one attached hydrogen (secondary N) is 1. The third-order valence-corrected chi connectivity index (χ3v) is 1.81. The number of nitrogens with zero attached hydrogens (tertiary/aromatic N) is 1. The van der Waals surface area contributed by atoms with Gasteiger partial charge in [-0.05, 0) is 22.0 Å². The number of hydrogen-bond donors (Lipinski definition) is 2. The van der Waals surface area contributed by atoms with Gasteiger partial charge in [-0.25, -0.2) is 4.79 Å². The van der Waals surface area contributed by atoms with Crippen molar-refractivity contribution in [1.29, 1.82) is 0 Å². The first-order valence-corrected chi connectivity index (χ1v) is 4.74. The van der Waals surface area contributed by atoms with Crippen LogP contribution in [0, 0.1) is 0 Å². The van der Waals surface area contributed by atoms with Gasteiger partial charge in [-0.2, -0.15) is 0 Å². The van der Waals surface area contributed by atoms with Crippen molar-refractivity contribution in [3.05, 3.63) is 22.9 Å². The van der Waals surface area contributed by atoms with Crippen LogP contribution in [0.3, 0.4) is 0 Å². The molecule has 0 aliphatic carbocycles. The highest BCUT2D eigenvalue weighted by Crippen LogP contribution is 2.12. The number of carbonyl (C=O) groups excluding carboxylic acids is 1. The summed E-state index contributed by atoms with van der Waals surface area (Å²) in [6, 6.07) is 1.87. The lowest BCUT2D eigenvalue weighted by Crippen LogP contribution is -2.18. The van der Waals surface area contributed by atoms with E-state index in [1.54, 1.807) is 12.4 Å². The molecule has 0 aliphatic rings. The number of pyridine rings is 1. The highest BCUT2D eigenvalue weighted by atomic mass is 79.9. The molecule has 0 bridgehead atoms. The van der Waals surface area contributed by atoms with Gasteiger partial charge < -0.3 is 15.8 Å². The molecule has 5 nitrogen and oxygen atoms in total. The number of aromatic nitrogens is 1. The van der Waals surface area contributed by atoms with E-state index in [0.717, 1.165) is 10.2 Å². The van der Waals surface area contributed by atoms with E-state index in [9.17, 15) is 4.79 Å². The Morgan fingerprint density at radius 1 is 1.64 bits per heavy atom. The van der Waals surface area contributed by atoms with Crippen LogP contribution < -0.4 is 11.1 Å². The Morgan fingerprint density at radius 3 is 3.07 bits per heavy atom. The van der Waals surface area contributed by atoms with Crippen LogP contribution in [0.1, 0.15) is 0 Å². The van der Waals surface area contributed by atoms with E-state index >= 15 is 0 Å². The maximum atomic E-state index is 10.2. The lowest BCUT2D eigenvalue weighted by molar-refractivity contribution is 0.161. The topological polar surface area (TPSA) is 77.2 Å². The van der Waals surface area contributed by atoms with E-state index in [1.807, 2.05) is 6.07 Å². The number of rotatable bonds is 4. The Kier molecular flexibility index (Phi) is 4.18. The molecule has 3 N–H and O–H groups in total. The number of carbonyl (C=O) groups is 1. The summed E-state index contributed by atoms with van der Waals surface area (Å²) in [6.07, 6.45) is 2.60. The number of primary amides is 1. The number of anilines is 1. The SMILES string of the molecule is NC(=O)OCCNc1cncc(Br)c1. The Hall–Kier alpha value is -1.30. The minimum absolute atomic E-state index is 0.238. The molecule has 1 aromatic heterocycles. The predicted octanol–water partition coefficient (Wildman–Crippen LogP) is 1.35. The van der Waals surface area contributed by atoms with Gasteiger partial charge in [0.1, 0.15) is 6.61 Å². The maximum Gasteiger partial charge on any atom is 0.404 e. The molecular weight excluding hydrogens is 250 g/mol. The van der Waals surface area contributed by atoms with Gasteiger partial charge in [0.25, 0.3) is 0 Å². The molecule has 0 saturated heterocycles. The highest BCUT2D eigenvalue weighted by molar-refractivity contribution is 9.10. The monoisotopic (exact) mass is 259 g/mol. The molecule has 0 aliphatic heterocycles. The zero-order chi connectivity index (χ0) is 10.4. The molecule has 0 spiro atoms. The summed E-state index contributed by atoms with van der Waals surface area (Å²) in [5, 5.41) is 3.02. The van der Waals surface area contributed by atoms with Crippen molar-refractivity contribution in [2.45, 2.75) is 0 Å². The normalized spacial score (nSPS) is 9.50. The zero-order valence-electron chi connectivity index (χ0n) is 7.37. The summed E-state index contributed by atoms with van der Waals surface area (Å²) in [7, 11) is 0. The van der Waals surface area contributed by atoms with Crippen LogP contribution in [-0.2, 0) is 4.74 Å². The van der Waals surface area contributed by atoms with E-state index in [1.165, 1.54) is 0 Å². The molecule has 1 heterocycles. The van der Waals surface area contributed by atoms with Crippen molar-refractivity contribution in [3.63, 3.8) is 0 Å². The summed E-state index contributed by atoms with van der Waals surface area (Å²) >= 11 is 3.29. The van der Waals surface area contributed by atoms with Crippen molar-refractivity contribution in [2.75, 3.05) is 18.5 Å². The van der Waals surface area contributed by atoms with Crippen LogP contribution in [0.5, 0.6) is 0 Å². The Balaban J connectivity index is 2.28. The van der Waals surface area contributed by atoms with Crippen LogP contribution in [0.15, 0.2) is 22.9 Å². The van der Waals surface area contributed by atoms with Crippen LogP contribution in [0.2, 0.25) is 0 Å². The molecular formula is C8H10BrN3O2. The number of amides is 1. The van der Waals surface area contributed by atoms with E-state index in [-0.39, 0.29) is 6.61 Å². The lowest BCUT2D eigenvalue weighted by atomic mass is 10.4. The van der Waals surface area contributed by atoms with Gasteiger partial charge in [0.05, 0.1) is 11.9 Å². The van der Waals surface area contributed by atoms with Gasteiger partial charge in [-0.15, -0.1) is 0 Å². The number of ether oxygens (including phenoxy) is 1. The summed E-state index contributed by atoms with van der Waals surface area (Å²) in [6.45, 7) is 0.739. The minimum Gasteiger partial charge on any atom is -0.448 e. The first-order valence-electron chi connectivity index (χ1n) is 3.95. The van der Waals surface area contributed by atoms with E-state index < -0.39 is 6.09 Å². The Bertz CT molecular complexity index is 319. The Labute approximate surface area is 89.8 Å². The van der Waals surface area contributed by atoms with Gasteiger partial charge in [-0.1, -0.05) is 0 Å². The molecule has 14 heavy (non-hydrogen) atoms. The highest BCUT2D eigenvalue weighted by Gasteiger charge is 1.95. The van der Waals surface area contributed by atoms with Crippen molar-refractivity contribution >= 4 is 27.7 Å². The summed E-state index contributed by atoms with van der Waals surface area (Å²) < 4.78 is 5.43. The van der Waals surface area contributed by atoms with Crippen molar-refractivity contribution in [1.82, 2.24) is 4.98 Å². The molecule has 1 amide bonds. The average Bonchev–Trinajstić information content (AvgIpc) is 2.12. The van der Waals surface area contributed by atoms with E-state index in [4.69, 9.17) is 5.73 Å². The van der Waals surface area contributed by atoms with Crippen molar-refractivity contribution in [2.24, 2.45) is 5.73 Å². The molecule has 1 rings (SSSR count).